The zero-order chi connectivity index (χ0) is 10.9. The molecule has 0 bridgehead atoms. The van der Waals surface area contributed by atoms with Crippen molar-refractivity contribution >= 4 is 6.09 Å². The van der Waals surface area contributed by atoms with Gasteiger partial charge in [0.05, 0.1) is 6.61 Å². The second kappa shape index (κ2) is 7.51. The van der Waals surface area contributed by atoms with Crippen molar-refractivity contribution in [2.45, 2.75) is 32.6 Å². The predicted molar refractivity (Wildman–Crippen MR) is 57.8 cm³/mol. The molecule has 1 heterocycles. The second-order valence-corrected chi connectivity index (χ2v) is 3.85. The van der Waals surface area contributed by atoms with Crippen LogP contribution < -0.4 is 5.32 Å². The summed E-state index contributed by atoms with van der Waals surface area (Å²) in [5.41, 5.74) is 0. The molecule has 1 fully saturated rings. The Morgan fingerprint density at radius 2 is 2.20 bits per heavy atom. The average molecular weight is 215 g/mol. The van der Waals surface area contributed by atoms with Gasteiger partial charge < -0.3 is 14.8 Å². The fourth-order valence-corrected chi connectivity index (χ4v) is 1.80. The highest BCUT2D eigenvalue weighted by Gasteiger charge is 2.13. The van der Waals surface area contributed by atoms with E-state index in [0.29, 0.717) is 6.61 Å². The van der Waals surface area contributed by atoms with Gasteiger partial charge in [0.2, 0.25) is 0 Å². The number of hydrogen-bond acceptors (Lipinski definition) is 3. The van der Waals surface area contributed by atoms with Crippen molar-refractivity contribution in [3.8, 4) is 0 Å². The van der Waals surface area contributed by atoms with Crippen molar-refractivity contribution in [2.24, 2.45) is 5.92 Å². The first-order valence-electron chi connectivity index (χ1n) is 5.81. The minimum Gasteiger partial charge on any atom is -0.450 e. The standard InChI is InChI=1S/C11H21NO3/c1-2-15-11(13)12-7-3-4-10-5-8-14-9-6-10/h10H,2-9H2,1H3,(H,12,13). The van der Waals surface area contributed by atoms with Crippen LogP contribution in [0.15, 0.2) is 0 Å². The molecule has 0 saturated carbocycles. The summed E-state index contributed by atoms with van der Waals surface area (Å²) in [6.07, 6.45) is 4.24. The Hall–Kier alpha value is -0.770. The SMILES string of the molecule is CCOC(=O)NCCCC1CCOCC1. The summed E-state index contributed by atoms with van der Waals surface area (Å²) in [6.45, 7) is 4.76. The average Bonchev–Trinajstić information content (AvgIpc) is 2.26. The molecule has 15 heavy (non-hydrogen) atoms. The van der Waals surface area contributed by atoms with E-state index in [4.69, 9.17) is 9.47 Å². The van der Waals surface area contributed by atoms with E-state index in [2.05, 4.69) is 5.32 Å². The number of hydrogen-bond donors (Lipinski definition) is 1. The van der Waals surface area contributed by atoms with Crippen LogP contribution in [-0.2, 0) is 9.47 Å². The van der Waals surface area contributed by atoms with Gasteiger partial charge in [-0.3, -0.25) is 0 Å². The van der Waals surface area contributed by atoms with Crippen molar-refractivity contribution in [1.29, 1.82) is 0 Å². The van der Waals surface area contributed by atoms with Crippen molar-refractivity contribution in [2.75, 3.05) is 26.4 Å². The number of alkyl carbamates (subject to hydrolysis) is 1. The molecule has 0 radical (unpaired) electrons. The maximum atomic E-state index is 10.9. The Morgan fingerprint density at radius 3 is 2.87 bits per heavy atom. The van der Waals surface area contributed by atoms with Crippen LogP contribution in [0.2, 0.25) is 0 Å². The van der Waals surface area contributed by atoms with Gasteiger partial charge in [0.1, 0.15) is 0 Å². The highest BCUT2D eigenvalue weighted by molar-refractivity contribution is 5.66. The molecule has 1 saturated heterocycles. The van der Waals surface area contributed by atoms with E-state index < -0.39 is 0 Å². The zero-order valence-electron chi connectivity index (χ0n) is 9.46. The molecule has 0 aliphatic carbocycles. The molecule has 0 aromatic rings. The minimum atomic E-state index is -0.301. The molecule has 0 aromatic heterocycles. The fraction of sp³-hybridized carbons (Fsp3) is 0.909. The van der Waals surface area contributed by atoms with Gasteiger partial charge in [-0.1, -0.05) is 0 Å². The third kappa shape index (κ3) is 5.62. The van der Waals surface area contributed by atoms with Crippen molar-refractivity contribution < 1.29 is 14.3 Å². The Kier molecular flexibility index (Phi) is 6.16. The summed E-state index contributed by atoms with van der Waals surface area (Å²) in [6, 6.07) is 0. The van der Waals surface area contributed by atoms with Gasteiger partial charge in [-0.15, -0.1) is 0 Å². The molecule has 0 unspecified atom stereocenters. The molecule has 1 aliphatic heterocycles. The van der Waals surface area contributed by atoms with Gasteiger partial charge in [0, 0.05) is 19.8 Å². The van der Waals surface area contributed by atoms with Gasteiger partial charge in [-0.05, 0) is 38.5 Å². The number of nitrogens with one attached hydrogen (secondary N) is 1. The number of carbonyl (C=O) groups is 1. The highest BCUT2D eigenvalue weighted by atomic mass is 16.5. The summed E-state index contributed by atoms with van der Waals surface area (Å²) >= 11 is 0. The molecule has 4 nitrogen and oxygen atoms in total. The summed E-state index contributed by atoms with van der Waals surface area (Å²) in [4.78, 5) is 10.9. The van der Waals surface area contributed by atoms with Crippen LogP contribution in [0.3, 0.4) is 0 Å². The Labute approximate surface area is 91.3 Å². The summed E-state index contributed by atoms with van der Waals surface area (Å²) < 4.78 is 10.1. The van der Waals surface area contributed by atoms with Gasteiger partial charge in [-0.2, -0.15) is 0 Å². The quantitative estimate of drug-likeness (QED) is 0.713. The molecule has 4 heteroatoms. The van der Waals surface area contributed by atoms with E-state index in [1.54, 1.807) is 0 Å². The lowest BCUT2D eigenvalue weighted by Gasteiger charge is -2.21. The molecule has 1 aliphatic rings. The van der Waals surface area contributed by atoms with Gasteiger partial charge in [0.15, 0.2) is 0 Å². The van der Waals surface area contributed by atoms with Crippen molar-refractivity contribution in [1.82, 2.24) is 5.32 Å². The summed E-state index contributed by atoms with van der Waals surface area (Å²) in [5.74, 6) is 0.780. The molecule has 0 spiro atoms. The van der Waals surface area contributed by atoms with Crippen LogP contribution >= 0.6 is 0 Å². The fourth-order valence-electron chi connectivity index (χ4n) is 1.80. The van der Waals surface area contributed by atoms with Crippen LogP contribution in [0.1, 0.15) is 32.6 Å². The van der Waals surface area contributed by atoms with Crippen LogP contribution in [0, 0.1) is 5.92 Å². The zero-order valence-corrected chi connectivity index (χ0v) is 9.46. The smallest absolute Gasteiger partial charge is 0.407 e. The molecule has 1 rings (SSSR count). The van der Waals surface area contributed by atoms with E-state index >= 15 is 0 Å². The molecule has 0 aromatic carbocycles. The first kappa shape index (κ1) is 12.3. The highest BCUT2D eigenvalue weighted by Crippen LogP contribution is 2.19. The first-order valence-corrected chi connectivity index (χ1v) is 5.81. The minimum absolute atomic E-state index is 0.301. The van der Waals surface area contributed by atoms with E-state index in [-0.39, 0.29) is 6.09 Å². The Bertz CT molecular complexity index is 179. The predicted octanol–water partition coefficient (Wildman–Crippen LogP) is 1.94. The molecular weight excluding hydrogens is 194 g/mol. The van der Waals surface area contributed by atoms with Crippen LogP contribution in [0.25, 0.3) is 0 Å². The van der Waals surface area contributed by atoms with Crippen LogP contribution in [0.4, 0.5) is 4.79 Å². The van der Waals surface area contributed by atoms with Crippen molar-refractivity contribution in [3.63, 3.8) is 0 Å². The van der Waals surface area contributed by atoms with Gasteiger partial charge in [-0.25, -0.2) is 4.79 Å². The first-order chi connectivity index (χ1) is 7.33. The maximum Gasteiger partial charge on any atom is 0.407 e. The van der Waals surface area contributed by atoms with Gasteiger partial charge >= 0.3 is 6.09 Å². The molecule has 0 atom stereocenters. The molecule has 1 amide bonds. The molecule has 1 N–H and O–H groups in total. The van der Waals surface area contributed by atoms with E-state index in [1.807, 2.05) is 6.92 Å². The second-order valence-electron chi connectivity index (χ2n) is 3.85. The third-order valence-electron chi connectivity index (χ3n) is 2.67. The number of rotatable bonds is 5. The lowest BCUT2D eigenvalue weighted by molar-refractivity contribution is 0.0632. The number of ether oxygens (including phenoxy) is 2. The van der Waals surface area contributed by atoms with Gasteiger partial charge in [0.25, 0.3) is 0 Å². The van der Waals surface area contributed by atoms with E-state index in [0.717, 1.165) is 32.1 Å². The van der Waals surface area contributed by atoms with Crippen LogP contribution in [0.5, 0.6) is 0 Å². The topological polar surface area (TPSA) is 47.6 Å². The molecular formula is C11H21NO3. The van der Waals surface area contributed by atoms with E-state index in [1.165, 1.54) is 19.3 Å². The maximum absolute atomic E-state index is 10.9. The Balaban J connectivity index is 1.93. The lowest BCUT2D eigenvalue weighted by atomic mass is 9.95. The summed E-state index contributed by atoms with van der Waals surface area (Å²) in [5, 5.41) is 2.73. The van der Waals surface area contributed by atoms with Crippen LogP contribution in [-0.4, -0.2) is 32.5 Å². The number of carbonyl (C=O) groups excluding carboxylic acids is 1. The monoisotopic (exact) mass is 215 g/mol. The largest absolute Gasteiger partial charge is 0.450 e. The van der Waals surface area contributed by atoms with E-state index in [9.17, 15) is 4.79 Å². The lowest BCUT2D eigenvalue weighted by Crippen LogP contribution is -2.26. The third-order valence-corrected chi connectivity index (χ3v) is 2.67. The molecule has 88 valence electrons. The number of amides is 1. The Morgan fingerprint density at radius 1 is 1.47 bits per heavy atom. The van der Waals surface area contributed by atoms with Crippen molar-refractivity contribution in [3.05, 3.63) is 0 Å². The summed E-state index contributed by atoms with van der Waals surface area (Å²) in [7, 11) is 0. The normalized spacial score (nSPS) is 17.4.